The number of benzene rings is 2. The SMILES string of the molecule is CC1CN(c2ccc(F)cc2)CC1c1ccc(C(F)(C(F)(F)F)C(F)(F)F)cc1. The molecule has 1 nitrogen and oxygen atoms in total. The zero-order valence-electron chi connectivity index (χ0n) is 15.2. The van der Waals surface area contributed by atoms with Crippen molar-refractivity contribution in [2.75, 3.05) is 18.0 Å². The van der Waals surface area contributed by atoms with Crippen LogP contribution in [-0.4, -0.2) is 25.4 Å². The minimum Gasteiger partial charge on any atom is -0.371 e. The molecule has 2 aromatic carbocycles. The average Bonchev–Trinajstić information content (AvgIpc) is 3.01. The van der Waals surface area contributed by atoms with Gasteiger partial charge in [0.25, 0.3) is 0 Å². The smallest absolute Gasteiger partial charge is 0.371 e. The van der Waals surface area contributed by atoms with E-state index in [4.69, 9.17) is 0 Å². The molecule has 0 N–H and O–H groups in total. The van der Waals surface area contributed by atoms with E-state index in [1.54, 1.807) is 12.1 Å². The summed E-state index contributed by atoms with van der Waals surface area (Å²) in [6, 6.07) is 9.10. The molecule has 0 spiro atoms. The third-order valence-electron chi connectivity index (χ3n) is 5.32. The van der Waals surface area contributed by atoms with Crippen molar-refractivity contribution < 1.29 is 35.1 Å². The van der Waals surface area contributed by atoms with Crippen LogP contribution in [0.1, 0.15) is 24.0 Å². The molecule has 1 fully saturated rings. The molecule has 0 bridgehead atoms. The fourth-order valence-corrected chi connectivity index (χ4v) is 3.71. The number of hydrogen-bond donors (Lipinski definition) is 0. The van der Waals surface area contributed by atoms with Crippen LogP contribution in [0.4, 0.5) is 40.8 Å². The van der Waals surface area contributed by atoms with Crippen molar-refractivity contribution in [2.24, 2.45) is 5.92 Å². The molecule has 0 aromatic heterocycles. The summed E-state index contributed by atoms with van der Waals surface area (Å²) in [6.07, 6.45) is -12.3. The van der Waals surface area contributed by atoms with E-state index in [0.717, 1.165) is 17.8 Å². The van der Waals surface area contributed by atoms with Gasteiger partial charge in [0.1, 0.15) is 5.82 Å². The molecule has 2 unspecified atom stereocenters. The standard InChI is InChI=1S/C20H17F8N/c1-12-10-29(16-8-6-15(21)7-9-16)11-17(12)13-2-4-14(5-3-13)18(22,19(23,24)25)20(26,27)28/h2-9,12,17H,10-11H2,1H3. The molecule has 9 heteroatoms. The molecule has 1 saturated heterocycles. The highest BCUT2D eigenvalue weighted by Gasteiger charge is 2.73. The molecule has 0 amide bonds. The Hall–Kier alpha value is -2.32. The van der Waals surface area contributed by atoms with Crippen LogP contribution < -0.4 is 4.90 Å². The summed E-state index contributed by atoms with van der Waals surface area (Å²) in [6.45, 7) is 2.93. The number of hydrogen-bond acceptors (Lipinski definition) is 1. The number of nitrogens with zero attached hydrogens (tertiary/aromatic N) is 1. The Morgan fingerprint density at radius 1 is 0.759 bits per heavy atom. The zero-order valence-corrected chi connectivity index (χ0v) is 15.2. The Morgan fingerprint density at radius 3 is 1.76 bits per heavy atom. The van der Waals surface area contributed by atoms with Gasteiger partial charge in [0.15, 0.2) is 0 Å². The fourth-order valence-electron chi connectivity index (χ4n) is 3.71. The van der Waals surface area contributed by atoms with Crippen molar-refractivity contribution in [2.45, 2.75) is 30.9 Å². The first-order valence-corrected chi connectivity index (χ1v) is 8.78. The fraction of sp³-hybridized carbons (Fsp3) is 0.400. The van der Waals surface area contributed by atoms with E-state index in [1.807, 2.05) is 11.8 Å². The Labute approximate surface area is 161 Å². The predicted octanol–water partition coefficient (Wildman–Crippen LogP) is 6.36. The highest BCUT2D eigenvalue weighted by molar-refractivity contribution is 5.49. The largest absolute Gasteiger partial charge is 0.435 e. The summed E-state index contributed by atoms with van der Waals surface area (Å²) in [5.41, 5.74) is -5.66. The van der Waals surface area contributed by atoms with E-state index in [2.05, 4.69) is 0 Å². The Bertz CT molecular complexity index is 825. The molecule has 2 atom stereocenters. The highest BCUT2D eigenvalue weighted by Crippen LogP contribution is 2.53. The van der Waals surface area contributed by atoms with Crippen LogP contribution in [0.15, 0.2) is 48.5 Å². The molecule has 1 aliphatic heterocycles. The first kappa shape index (κ1) is 21.4. The minimum absolute atomic E-state index is 0.0336. The Kier molecular flexibility index (Phi) is 5.29. The summed E-state index contributed by atoms with van der Waals surface area (Å²) >= 11 is 0. The molecule has 158 valence electrons. The van der Waals surface area contributed by atoms with Gasteiger partial charge >= 0.3 is 18.0 Å². The van der Waals surface area contributed by atoms with Crippen LogP contribution in [0.2, 0.25) is 0 Å². The van der Waals surface area contributed by atoms with Crippen molar-refractivity contribution in [1.29, 1.82) is 0 Å². The quantitative estimate of drug-likeness (QED) is 0.520. The maximum absolute atomic E-state index is 14.2. The van der Waals surface area contributed by atoms with E-state index in [0.29, 0.717) is 30.8 Å². The van der Waals surface area contributed by atoms with Gasteiger partial charge in [0.05, 0.1) is 0 Å². The van der Waals surface area contributed by atoms with Crippen LogP contribution >= 0.6 is 0 Å². The molecule has 0 saturated carbocycles. The third kappa shape index (κ3) is 3.79. The topological polar surface area (TPSA) is 3.24 Å². The van der Waals surface area contributed by atoms with E-state index >= 15 is 0 Å². The molecule has 3 rings (SSSR count). The summed E-state index contributed by atoms with van der Waals surface area (Å²) in [4.78, 5) is 1.95. The molecule has 29 heavy (non-hydrogen) atoms. The monoisotopic (exact) mass is 423 g/mol. The number of halogens is 8. The van der Waals surface area contributed by atoms with Crippen LogP contribution in [-0.2, 0) is 5.67 Å². The molecule has 1 aliphatic rings. The Morgan fingerprint density at radius 2 is 1.28 bits per heavy atom. The second-order valence-electron chi connectivity index (χ2n) is 7.24. The van der Waals surface area contributed by atoms with Gasteiger partial charge in [0, 0.05) is 30.3 Å². The van der Waals surface area contributed by atoms with Crippen molar-refractivity contribution in [3.8, 4) is 0 Å². The van der Waals surface area contributed by atoms with Gasteiger partial charge in [-0.25, -0.2) is 8.78 Å². The number of alkyl halides is 7. The lowest BCUT2D eigenvalue weighted by Crippen LogP contribution is -2.50. The van der Waals surface area contributed by atoms with Gasteiger partial charge in [-0.2, -0.15) is 26.3 Å². The molecule has 0 radical (unpaired) electrons. The number of rotatable bonds is 3. The van der Waals surface area contributed by atoms with Gasteiger partial charge in [-0.1, -0.05) is 31.2 Å². The molecular weight excluding hydrogens is 406 g/mol. The van der Waals surface area contributed by atoms with Gasteiger partial charge in [-0.3, -0.25) is 0 Å². The molecule has 1 heterocycles. The molecule has 0 aliphatic carbocycles. The van der Waals surface area contributed by atoms with E-state index < -0.39 is 29.4 Å². The van der Waals surface area contributed by atoms with Crippen molar-refractivity contribution >= 4 is 5.69 Å². The lowest BCUT2D eigenvalue weighted by atomic mass is 9.87. The van der Waals surface area contributed by atoms with Gasteiger partial charge in [-0.15, -0.1) is 0 Å². The minimum atomic E-state index is -6.13. The first-order valence-electron chi connectivity index (χ1n) is 8.78. The lowest BCUT2D eigenvalue weighted by Gasteiger charge is -2.30. The second-order valence-corrected chi connectivity index (χ2v) is 7.24. The summed E-state index contributed by atoms with van der Waals surface area (Å²) in [5, 5.41) is 0. The van der Waals surface area contributed by atoms with Crippen LogP contribution in [0.3, 0.4) is 0 Å². The van der Waals surface area contributed by atoms with Crippen molar-refractivity contribution in [3.05, 3.63) is 65.5 Å². The van der Waals surface area contributed by atoms with Gasteiger partial charge in [0.2, 0.25) is 0 Å². The van der Waals surface area contributed by atoms with E-state index in [-0.39, 0.29) is 11.8 Å². The number of anilines is 1. The average molecular weight is 423 g/mol. The zero-order chi connectivity index (χ0) is 21.6. The first-order chi connectivity index (χ1) is 13.3. The van der Waals surface area contributed by atoms with E-state index in [9.17, 15) is 35.1 Å². The predicted molar refractivity (Wildman–Crippen MR) is 91.9 cm³/mol. The van der Waals surface area contributed by atoms with E-state index in [1.165, 1.54) is 12.1 Å². The van der Waals surface area contributed by atoms with Crippen LogP contribution in [0.5, 0.6) is 0 Å². The van der Waals surface area contributed by atoms with Crippen molar-refractivity contribution in [3.63, 3.8) is 0 Å². The lowest BCUT2D eigenvalue weighted by molar-refractivity contribution is -0.348. The third-order valence-corrected chi connectivity index (χ3v) is 5.32. The summed E-state index contributed by atoms with van der Waals surface area (Å²) < 4.78 is 105. The maximum Gasteiger partial charge on any atom is 0.435 e. The highest BCUT2D eigenvalue weighted by atomic mass is 19.4. The summed E-state index contributed by atoms with van der Waals surface area (Å²) in [7, 11) is 0. The van der Waals surface area contributed by atoms with Gasteiger partial charge in [-0.05, 0) is 35.7 Å². The maximum atomic E-state index is 14.2. The van der Waals surface area contributed by atoms with Gasteiger partial charge < -0.3 is 4.90 Å². The van der Waals surface area contributed by atoms with Crippen LogP contribution in [0, 0.1) is 11.7 Å². The van der Waals surface area contributed by atoms with Crippen LogP contribution in [0.25, 0.3) is 0 Å². The second kappa shape index (κ2) is 7.18. The Balaban J connectivity index is 1.85. The molecule has 2 aromatic rings. The van der Waals surface area contributed by atoms with Crippen molar-refractivity contribution in [1.82, 2.24) is 0 Å². The normalized spacial score (nSPS) is 20.9. The summed E-state index contributed by atoms with van der Waals surface area (Å²) in [5.74, 6) is -0.539. The molecular formula is C20H17F8N.